The molecule has 0 radical (unpaired) electrons. The first-order valence-electron chi connectivity index (χ1n) is 6.92. The maximum Gasteiger partial charge on any atom is 0.0294 e. The summed E-state index contributed by atoms with van der Waals surface area (Å²) >= 11 is 0. The van der Waals surface area contributed by atoms with E-state index < -0.39 is 0 Å². The van der Waals surface area contributed by atoms with Crippen molar-refractivity contribution in [2.45, 2.75) is 40.3 Å². The van der Waals surface area contributed by atoms with Gasteiger partial charge in [0.1, 0.15) is 0 Å². The van der Waals surface area contributed by atoms with Crippen molar-refractivity contribution >= 4 is 0 Å². The van der Waals surface area contributed by atoms with E-state index in [-0.39, 0.29) is 0 Å². The third kappa shape index (κ3) is 3.93. The Morgan fingerprint density at radius 3 is 2.00 bits per heavy atom. The monoisotopic (exact) mass is 253 g/mol. The molecule has 2 aromatic carbocycles. The second-order valence-electron chi connectivity index (χ2n) is 5.51. The highest BCUT2D eigenvalue weighted by Crippen LogP contribution is 2.15. The predicted molar refractivity (Wildman–Crippen MR) is 82.3 cm³/mol. The van der Waals surface area contributed by atoms with Gasteiger partial charge in [-0.2, -0.15) is 0 Å². The van der Waals surface area contributed by atoms with E-state index in [0.29, 0.717) is 6.04 Å². The van der Waals surface area contributed by atoms with Crippen molar-refractivity contribution in [3.05, 3.63) is 70.3 Å². The maximum atomic E-state index is 3.59. The summed E-state index contributed by atoms with van der Waals surface area (Å²) in [5, 5.41) is 3.59. The minimum atomic E-state index is 0.376. The Hall–Kier alpha value is -1.60. The highest BCUT2D eigenvalue weighted by Gasteiger charge is 2.04. The van der Waals surface area contributed by atoms with Crippen LogP contribution in [0.3, 0.4) is 0 Å². The van der Waals surface area contributed by atoms with E-state index in [4.69, 9.17) is 0 Å². The zero-order valence-corrected chi connectivity index (χ0v) is 12.3. The molecule has 1 heteroatoms. The van der Waals surface area contributed by atoms with Crippen molar-refractivity contribution in [3.63, 3.8) is 0 Å². The molecule has 0 aromatic heterocycles. The summed E-state index contributed by atoms with van der Waals surface area (Å²) in [6, 6.07) is 15.8. The van der Waals surface area contributed by atoms with Gasteiger partial charge < -0.3 is 5.32 Å². The summed E-state index contributed by atoms with van der Waals surface area (Å²) in [5.74, 6) is 0. The lowest BCUT2D eigenvalue weighted by Gasteiger charge is -2.15. The molecule has 0 saturated carbocycles. The minimum absolute atomic E-state index is 0.376. The number of benzene rings is 2. The molecule has 0 fully saturated rings. The van der Waals surface area contributed by atoms with Gasteiger partial charge in [0.05, 0.1) is 0 Å². The van der Waals surface area contributed by atoms with Gasteiger partial charge in [0.2, 0.25) is 0 Å². The van der Waals surface area contributed by atoms with Crippen LogP contribution < -0.4 is 5.32 Å². The standard InChI is InChI=1S/C18H23N/c1-13-5-7-18(8-6-13)16(4)19-12-17-10-14(2)9-15(3)11-17/h5-11,16,19H,12H2,1-4H3/t16-/m0/s1. The third-order valence-corrected chi connectivity index (χ3v) is 3.47. The first-order valence-corrected chi connectivity index (χ1v) is 6.92. The van der Waals surface area contributed by atoms with Crippen molar-refractivity contribution in [1.29, 1.82) is 0 Å². The largest absolute Gasteiger partial charge is 0.306 e. The minimum Gasteiger partial charge on any atom is -0.306 e. The molecule has 1 atom stereocenters. The van der Waals surface area contributed by atoms with Crippen LogP contribution in [-0.2, 0) is 6.54 Å². The van der Waals surface area contributed by atoms with Gasteiger partial charge in [-0.25, -0.2) is 0 Å². The van der Waals surface area contributed by atoms with E-state index in [1.165, 1.54) is 27.8 Å². The second-order valence-corrected chi connectivity index (χ2v) is 5.51. The van der Waals surface area contributed by atoms with Gasteiger partial charge in [-0.15, -0.1) is 0 Å². The Bertz CT molecular complexity index is 520. The van der Waals surface area contributed by atoms with Crippen molar-refractivity contribution in [3.8, 4) is 0 Å². The Morgan fingerprint density at radius 2 is 1.42 bits per heavy atom. The molecule has 100 valence electrons. The van der Waals surface area contributed by atoms with Crippen molar-refractivity contribution in [2.24, 2.45) is 0 Å². The highest BCUT2D eigenvalue weighted by molar-refractivity contribution is 5.29. The van der Waals surface area contributed by atoms with E-state index in [9.17, 15) is 0 Å². The zero-order valence-electron chi connectivity index (χ0n) is 12.3. The molecule has 19 heavy (non-hydrogen) atoms. The summed E-state index contributed by atoms with van der Waals surface area (Å²) in [4.78, 5) is 0. The van der Waals surface area contributed by atoms with Crippen molar-refractivity contribution < 1.29 is 0 Å². The van der Waals surface area contributed by atoms with Gasteiger partial charge >= 0.3 is 0 Å². The normalized spacial score (nSPS) is 12.4. The SMILES string of the molecule is Cc1ccc([C@H](C)NCc2cc(C)cc(C)c2)cc1. The quantitative estimate of drug-likeness (QED) is 0.848. The summed E-state index contributed by atoms with van der Waals surface area (Å²) in [6.45, 7) is 9.56. The van der Waals surface area contributed by atoms with E-state index in [2.05, 4.69) is 75.5 Å². The van der Waals surface area contributed by atoms with E-state index in [1.807, 2.05) is 0 Å². The van der Waals surface area contributed by atoms with E-state index >= 15 is 0 Å². The molecule has 0 heterocycles. The zero-order chi connectivity index (χ0) is 13.8. The Kier molecular flexibility index (Phi) is 4.39. The molecular weight excluding hydrogens is 230 g/mol. The predicted octanol–water partition coefficient (Wildman–Crippen LogP) is 4.46. The molecule has 2 rings (SSSR count). The molecule has 0 aliphatic rings. The lowest BCUT2D eigenvalue weighted by molar-refractivity contribution is 0.574. The van der Waals surface area contributed by atoms with E-state index in [0.717, 1.165) is 6.54 Å². The van der Waals surface area contributed by atoms with Gasteiger partial charge in [0.25, 0.3) is 0 Å². The molecule has 1 nitrogen and oxygen atoms in total. The molecule has 0 spiro atoms. The molecule has 2 aromatic rings. The van der Waals surface area contributed by atoms with Crippen LogP contribution in [0.4, 0.5) is 0 Å². The van der Waals surface area contributed by atoms with Crippen LogP contribution in [0.25, 0.3) is 0 Å². The lowest BCUT2D eigenvalue weighted by Crippen LogP contribution is -2.18. The third-order valence-electron chi connectivity index (χ3n) is 3.47. The maximum absolute atomic E-state index is 3.59. The number of aryl methyl sites for hydroxylation is 3. The fourth-order valence-electron chi connectivity index (χ4n) is 2.41. The Labute approximate surface area is 116 Å². The molecule has 0 aliphatic heterocycles. The summed E-state index contributed by atoms with van der Waals surface area (Å²) in [5.41, 5.74) is 6.68. The number of hydrogen-bond donors (Lipinski definition) is 1. The van der Waals surface area contributed by atoms with Crippen LogP contribution in [0.1, 0.15) is 40.8 Å². The molecule has 0 unspecified atom stereocenters. The number of rotatable bonds is 4. The summed E-state index contributed by atoms with van der Waals surface area (Å²) < 4.78 is 0. The van der Waals surface area contributed by atoms with Crippen molar-refractivity contribution in [1.82, 2.24) is 5.32 Å². The van der Waals surface area contributed by atoms with Gasteiger partial charge in [0, 0.05) is 12.6 Å². The molecule has 1 N–H and O–H groups in total. The molecule has 0 saturated heterocycles. The van der Waals surface area contributed by atoms with Crippen LogP contribution in [-0.4, -0.2) is 0 Å². The van der Waals surface area contributed by atoms with Gasteiger partial charge in [0.15, 0.2) is 0 Å². The fraction of sp³-hybridized carbons (Fsp3) is 0.333. The molecule has 0 bridgehead atoms. The van der Waals surface area contributed by atoms with Crippen LogP contribution in [0.15, 0.2) is 42.5 Å². The smallest absolute Gasteiger partial charge is 0.0294 e. The van der Waals surface area contributed by atoms with Gasteiger partial charge in [-0.1, -0.05) is 59.2 Å². The second kappa shape index (κ2) is 6.03. The van der Waals surface area contributed by atoms with Crippen LogP contribution in [0.2, 0.25) is 0 Å². The number of nitrogens with one attached hydrogen (secondary N) is 1. The lowest BCUT2D eigenvalue weighted by atomic mass is 10.0. The Balaban J connectivity index is 1.99. The first-order chi connectivity index (χ1) is 9.04. The van der Waals surface area contributed by atoms with Gasteiger partial charge in [-0.3, -0.25) is 0 Å². The summed E-state index contributed by atoms with van der Waals surface area (Å²) in [7, 11) is 0. The fourth-order valence-corrected chi connectivity index (χ4v) is 2.41. The van der Waals surface area contributed by atoms with E-state index in [1.54, 1.807) is 0 Å². The van der Waals surface area contributed by atoms with Crippen molar-refractivity contribution in [2.75, 3.05) is 0 Å². The Morgan fingerprint density at radius 1 is 0.842 bits per heavy atom. The first kappa shape index (κ1) is 13.8. The topological polar surface area (TPSA) is 12.0 Å². The van der Waals surface area contributed by atoms with Crippen LogP contribution in [0.5, 0.6) is 0 Å². The van der Waals surface area contributed by atoms with Gasteiger partial charge in [-0.05, 0) is 38.8 Å². The average Bonchev–Trinajstić information content (AvgIpc) is 2.36. The molecule has 0 aliphatic carbocycles. The average molecular weight is 253 g/mol. The van der Waals surface area contributed by atoms with Crippen LogP contribution in [0, 0.1) is 20.8 Å². The molecular formula is C18H23N. The van der Waals surface area contributed by atoms with Crippen LogP contribution >= 0.6 is 0 Å². The highest BCUT2D eigenvalue weighted by atomic mass is 14.9. The number of hydrogen-bond acceptors (Lipinski definition) is 1. The summed E-state index contributed by atoms with van der Waals surface area (Å²) in [6.07, 6.45) is 0. The molecule has 0 amide bonds.